The van der Waals surface area contributed by atoms with Crippen molar-refractivity contribution in [3.8, 4) is 0 Å². The first-order valence-electron chi connectivity index (χ1n) is 8.20. The van der Waals surface area contributed by atoms with Crippen molar-refractivity contribution in [1.82, 2.24) is 4.90 Å². The molecule has 27 heavy (non-hydrogen) atoms. The second-order valence-electron chi connectivity index (χ2n) is 6.24. The standard InChI is InChI=1S/C19H16ClF2NO4/c20-15-7-12(3-6-16(15)22)18(24)23-9-14(8-17(23)19(25)26)27-10-11-1-4-13(21)5-2-11/h1-7,14,17H,8-10H2,(H,25,26). The molecule has 2 aromatic carbocycles. The first-order chi connectivity index (χ1) is 12.8. The van der Waals surface area contributed by atoms with Gasteiger partial charge in [0, 0.05) is 18.5 Å². The molecule has 0 bridgehead atoms. The van der Waals surface area contributed by atoms with Gasteiger partial charge in [0.25, 0.3) is 5.91 Å². The Hall–Kier alpha value is -2.51. The highest BCUT2D eigenvalue weighted by Crippen LogP contribution is 2.25. The van der Waals surface area contributed by atoms with Crippen LogP contribution in [0.25, 0.3) is 0 Å². The van der Waals surface area contributed by atoms with Gasteiger partial charge in [-0.1, -0.05) is 23.7 Å². The van der Waals surface area contributed by atoms with Crippen LogP contribution < -0.4 is 0 Å². The van der Waals surface area contributed by atoms with E-state index in [0.717, 1.165) is 11.6 Å². The predicted octanol–water partition coefficient (Wildman–Crippen LogP) is 3.50. The third-order valence-corrected chi connectivity index (χ3v) is 4.66. The number of hydrogen-bond donors (Lipinski definition) is 1. The fourth-order valence-electron chi connectivity index (χ4n) is 2.97. The summed E-state index contributed by atoms with van der Waals surface area (Å²) in [4.78, 5) is 25.4. The van der Waals surface area contributed by atoms with Crippen molar-refractivity contribution in [3.63, 3.8) is 0 Å². The molecule has 2 aromatic rings. The largest absolute Gasteiger partial charge is 0.480 e. The average Bonchev–Trinajstić information content (AvgIpc) is 3.07. The Kier molecular flexibility index (Phi) is 5.72. The third-order valence-electron chi connectivity index (χ3n) is 4.37. The molecule has 0 saturated carbocycles. The third kappa shape index (κ3) is 4.43. The molecule has 2 unspecified atom stereocenters. The molecule has 2 atom stereocenters. The minimum Gasteiger partial charge on any atom is -0.480 e. The minimum absolute atomic E-state index is 0.0754. The van der Waals surface area contributed by atoms with Crippen molar-refractivity contribution >= 4 is 23.5 Å². The highest BCUT2D eigenvalue weighted by molar-refractivity contribution is 6.31. The molecule has 0 spiro atoms. The summed E-state index contributed by atoms with van der Waals surface area (Å²) in [6, 6.07) is 8.19. The fourth-order valence-corrected chi connectivity index (χ4v) is 3.15. The summed E-state index contributed by atoms with van der Waals surface area (Å²) in [6.45, 7) is 0.244. The Morgan fingerprint density at radius 3 is 2.52 bits per heavy atom. The van der Waals surface area contributed by atoms with Crippen molar-refractivity contribution in [2.75, 3.05) is 6.54 Å². The van der Waals surface area contributed by atoms with Gasteiger partial charge in [-0.25, -0.2) is 13.6 Å². The summed E-state index contributed by atoms with van der Waals surface area (Å²) in [5.41, 5.74) is 0.838. The molecule has 1 saturated heterocycles. The van der Waals surface area contributed by atoms with E-state index in [9.17, 15) is 23.5 Å². The molecule has 3 rings (SSSR count). The molecule has 5 nitrogen and oxygen atoms in total. The molecule has 142 valence electrons. The lowest BCUT2D eigenvalue weighted by atomic mass is 10.1. The SMILES string of the molecule is O=C(O)C1CC(OCc2ccc(F)cc2)CN1C(=O)c1ccc(F)c(Cl)c1. The lowest BCUT2D eigenvalue weighted by Crippen LogP contribution is -2.40. The Morgan fingerprint density at radius 1 is 1.19 bits per heavy atom. The molecule has 1 aliphatic rings. The van der Waals surface area contributed by atoms with E-state index in [4.69, 9.17) is 16.3 Å². The molecule has 1 aliphatic heterocycles. The van der Waals surface area contributed by atoms with Gasteiger partial charge in [0.2, 0.25) is 0 Å². The van der Waals surface area contributed by atoms with Gasteiger partial charge in [0.1, 0.15) is 17.7 Å². The molecule has 1 heterocycles. The Labute approximate surface area is 159 Å². The minimum atomic E-state index is -1.15. The van der Waals surface area contributed by atoms with Crippen molar-refractivity contribution in [2.24, 2.45) is 0 Å². The summed E-state index contributed by atoms with van der Waals surface area (Å²) < 4.78 is 31.9. The van der Waals surface area contributed by atoms with E-state index in [1.165, 1.54) is 29.2 Å². The lowest BCUT2D eigenvalue weighted by Gasteiger charge is -2.21. The number of carboxylic acids is 1. The van der Waals surface area contributed by atoms with E-state index in [1.54, 1.807) is 12.1 Å². The second-order valence-corrected chi connectivity index (χ2v) is 6.64. The van der Waals surface area contributed by atoms with Gasteiger partial charge in [-0.3, -0.25) is 4.79 Å². The van der Waals surface area contributed by atoms with Crippen molar-refractivity contribution in [1.29, 1.82) is 0 Å². The fraction of sp³-hybridized carbons (Fsp3) is 0.263. The van der Waals surface area contributed by atoms with E-state index in [1.807, 2.05) is 0 Å². The molecule has 0 aliphatic carbocycles. The van der Waals surface area contributed by atoms with Gasteiger partial charge in [0.05, 0.1) is 17.7 Å². The lowest BCUT2D eigenvalue weighted by molar-refractivity contribution is -0.141. The van der Waals surface area contributed by atoms with Crippen LogP contribution in [0.15, 0.2) is 42.5 Å². The maximum absolute atomic E-state index is 13.3. The van der Waals surface area contributed by atoms with Crippen LogP contribution in [0.3, 0.4) is 0 Å². The molecule has 0 aromatic heterocycles. The van der Waals surface area contributed by atoms with Crippen LogP contribution in [-0.4, -0.2) is 40.6 Å². The molecular weight excluding hydrogens is 380 g/mol. The number of carboxylic acid groups (broad SMARTS) is 1. The molecule has 1 fully saturated rings. The van der Waals surface area contributed by atoms with E-state index < -0.39 is 29.8 Å². The van der Waals surface area contributed by atoms with E-state index in [-0.39, 0.29) is 36.0 Å². The number of nitrogens with zero attached hydrogens (tertiary/aromatic N) is 1. The normalized spacial score (nSPS) is 19.3. The van der Waals surface area contributed by atoms with Crippen LogP contribution in [0.2, 0.25) is 5.02 Å². The van der Waals surface area contributed by atoms with Gasteiger partial charge in [-0.05, 0) is 35.9 Å². The number of hydrogen-bond acceptors (Lipinski definition) is 3. The number of ether oxygens (including phenoxy) is 1. The highest BCUT2D eigenvalue weighted by Gasteiger charge is 2.40. The van der Waals surface area contributed by atoms with Gasteiger partial charge in [-0.2, -0.15) is 0 Å². The van der Waals surface area contributed by atoms with Crippen LogP contribution >= 0.6 is 11.6 Å². The van der Waals surface area contributed by atoms with Crippen LogP contribution in [0, 0.1) is 11.6 Å². The zero-order valence-electron chi connectivity index (χ0n) is 14.1. The molecule has 8 heteroatoms. The number of benzene rings is 2. The number of carbonyl (C=O) groups excluding carboxylic acids is 1. The maximum atomic E-state index is 13.3. The first kappa shape index (κ1) is 19.3. The predicted molar refractivity (Wildman–Crippen MR) is 93.5 cm³/mol. The smallest absolute Gasteiger partial charge is 0.326 e. The number of likely N-dealkylation sites (tertiary alicyclic amines) is 1. The number of aliphatic carboxylic acids is 1. The van der Waals surface area contributed by atoms with Crippen molar-refractivity contribution < 1.29 is 28.2 Å². The van der Waals surface area contributed by atoms with E-state index >= 15 is 0 Å². The number of carbonyl (C=O) groups is 2. The topological polar surface area (TPSA) is 66.8 Å². The Balaban J connectivity index is 1.70. The number of amides is 1. The summed E-state index contributed by atoms with van der Waals surface area (Å²) in [5.74, 6) is -2.73. The zero-order chi connectivity index (χ0) is 19.6. The van der Waals surface area contributed by atoms with Gasteiger partial charge in [-0.15, -0.1) is 0 Å². The first-order valence-corrected chi connectivity index (χ1v) is 8.58. The van der Waals surface area contributed by atoms with Crippen LogP contribution in [-0.2, 0) is 16.1 Å². The average molecular weight is 396 g/mol. The van der Waals surface area contributed by atoms with Crippen molar-refractivity contribution in [3.05, 3.63) is 70.2 Å². The molecule has 1 N–H and O–H groups in total. The maximum Gasteiger partial charge on any atom is 0.326 e. The van der Waals surface area contributed by atoms with Gasteiger partial charge < -0.3 is 14.7 Å². The van der Waals surface area contributed by atoms with Crippen LogP contribution in [0.1, 0.15) is 22.3 Å². The molecular formula is C19H16ClF2NO4. The van der Waals surface area contributed by atoms with Gasteiger partial charge in [0.15, 0.2) is 0 Å². The second kappa shape index (κ2) is 8.02. The quantitative estimate of drug-likeness (QED) is 0.841. The zero-order valence-corrected chi connectivity index (χ0v) is 14.8. The summed E-state index contributed by atoms with van der Waals surface area (Å²) in [7, 11) is 0. The van der Waals surface area contributed by atoms with Crippen LogP contribution in [0.4, 0.5) is 8.78 Å². The van der Waals surface area contributed by atoms with E-state index in [2.05, 4.69) is 0 Å². The Morgan fingerprint density at radius 2 is 1.89 bits per heavy atom. The summed E-state index contributed by atoms with van der Waals surface area (Å²) in [6.07, 6.45) is -0.368. The number of halogens is 3. The molecule has 1 amide bonds. The summed E-state index contributed by atoms with van der Waals surface area (Å²) in [5, 5.41) is 9.22. The van der Waals surface area contributed by atoms with Crippen molar-refractivity contribution in [2.45, 2.75) is 25.2 Å². The number of rotatable bonds is 5. The van der Waals surface area contributed by atoms with Gasteiger partial charge >= 0.3 is 5.97 Å². The van der Waals surface area contributed by atoms with E-state index in [0.29, 0.717) is 0 Å². The highest BCUT2D eigenvalue weighted by atomic mass is 35.5. The summed E-state index contributed by atoms with van der Waals surface area (Å²) >= 11 is 5.71. The monoisotopic (exact) mass is 395 g/mol. The Bertz CT molecular complexity index is 859. The van der Waals surface area contributed by atoms with Crippen LogP contribution in [0.5, 0.6) is 0 Å². The molecule has 0 radical (unpaired) electrons.